The first kappa shape index (κ1) is 21.4. The molecule has 0 saturated carbocycles. The molecule has 0 spiro atoms. The molecule has 9 heteroatoms. The molecule has 29 heavy (non-hydrogen) atoms. The number of nitrogens with zero attached hydrogens (tertiary/aromatic N) is 4. The first-order valence-electron chi connectivity index (χ1n) is 9.28. The lowest BCUT2D eigenvalue weighted by molar-refractivity contribution is 0.0732. The van der Waals surface area contributed by atoms with Gasteiger partial charge < -0.3 is 14.5 Å². The Hall–Kier alpha value is -2.32. The zero-order chi connectivity index (χ0) is 21.3. The summed E-state index contributed by atoms with van der Waals surface area (Å²) in [5.74, 6) is 0.625. The molecule has 0 radical (unpaired) electrons. The van der Waals surface area contributed by atoms with Crippen LogP contribution in [-0.4, -0.2) is 53.4 Å². The lowest BCUT2D eigenvalue weighted by Gasteiger charge is -2.37. The van der Waals surface area contributed by atoms with E-state index in [9.17, 15) is 9.59 Å². The van der Waals surface area contributed by atoms with E-state index in [2.05, 4.69) is 11.7 Å². The summed E-state index contributed by atoms with van der Waals surface area (Å²) < 4.78 is 7.19. The second kappa shape index (κ2) is 8.20. The van der Waals surface area contributed by atoms with Gasteiger partial charge in [-0.25, -0.2) is 4.79 Å². The van der Waals surface area contributed by atoms with Gasteiger partial charge in [-0.1, -0.05) is 45.0 Å². The molecule has 0 bridgehead atoms. The average molecular weight is 437 g/mol. The second-order valence-electron chi connectivity index (χ2n) is 8.00. The Labute approximate surface area is 179 Å². The predicted molar refractivity (Wildman–Crippen MR) is 116 cm³/mol. The fourth-order valence-electron chi connectivity index (χ4n) is 2.93. The van der Waals surface area contributed by atoms with Crippen molar-refractivity contribution < 1.29 is 14.3 Å². The van der Waals surface area contributed by atoms with Crippen molar-refractivity contribution in [1.29, 1.82) is 0 Å². The number of likely N-dealkylation sites (tertiary alicyclic amines) is 1. The van der Waals surface area contributed by atoms with E-state index < -0.39 is 5.41 Å². The molecule has 2 aromatic heterocycles. The second-order valence-corrected chi connectivity index (χ2v) is 9.69. The third-order valence-corrected chi connectivity index (χ3v) is 5.97. The largest absolute Gasteiger partial charge is 0.445 e. The highest BCUT2D eigenvalue weighted by Crippen LogP contribution is 2.36. The number of hydrogen-bond donors (Lipinski definition) is 0. The molecular formula is C20H25ClN4O3S. The van der Waals surface area contributed by atoms with Crippen LogP contribution in [0.3, 0.4) is 0 Å². The number of anilines is 2. The van der Waals surface area contributed by atoms with Gasteiger partial charge in [-0.05, 0) is 12.1 Å². The number of rotatable bonds is 5. The molecule has 3 rings (SSSR count). The summed E-state index contributed by atoms with van der Waals surface area (Å²) in [5.41, 5.74) is 0.187. The third-order valence-electron chi connectivity index (χ3n) is 4.66. The fraction of sp³-hybridized carbons (Fsp3) is 0.450. The van der Waals surface area contributed by atoms with Crippen molar-refractivity contribution in [1.82, 2.24) is 14.7 Å². The topological polar surface area (TPSA) is 67.7 Å². The van der Waals surface area contributed by atoms with Gasteiger partial charge in [-0.15, -0.1) is 11.3 Å². The molecule has 0 N–H and O–H groups in total. The number of halogens is 1. The molecule has 2 aromatic rings. The number of amides is 1. The maximum atomic E-state index is 13.0. The first-order valence-corrected chi connectivity index (χ1v) is 10.5. The molecule has 1 aliphatic rings. The number of aromatic nitrogens is 2. The van der Waals surface area contributed by atoms with Gasteiger partial charge in [0.25, 0.3) is 5.91 Å². The van der Waals surface area contributed by atoms with Crippen molar-refractivity contribution in [2.45, 2.75) is 26.7 Å². The van der Waals surface area contributed by atoms with Crippen LogP contribution in [0.25, 0.3) is 0 Å². The summed E-state index contributed by atoms with van der Waals surface area (Å²) >= 11 is 7.51. The Balaban J connectivity index is 1.85. The van der Waals surface area contributed by atoms with Gasteiger partial charge in [0.05, 0.1) is 15.0 Å². The van der Waals surface area contributed by atoms with Crippen molar-refractivity contribution in [3.63, 3.8) is 0 Å². The minimum absolute atomic E-state index is 0.0550. The quantitative estimate of drug-likeness (QED) is 0.631. The molecule has 1 aliphatic heterocycles. The molecule has 0 aliphatic carbocycles. The minimum Gasteiger partial charge on any atom is -0.445 e. The van der Waals surface area contributed by atoms with Crippen LogP contribution >= 0.6 is 22.9 Å². The number of thiophene rings is 1. The van der Waals surface area contributed by atoms with Crippen LogP contribution in [0.15, 0.2) is 30.9 Å². The molecule has 3 heterocycles. The van der Waals surface area contributed by atoms with Crippen LogP contribution in [0.2, 0.25) is 4.34 Å². The number of hydrogen-bond acceptors (Lipinski definition) is 6. The molecule has 1 amide bonds. The van der Waals surface area contributed by atoms with Crippen molar-refractivity contribution >= 4 is 45.8 Å². The van der Waals surface area contributed by atoms with E-state index in [4.69, 9.17) is 16.3 Å². The summed E-state index contributed by atoms with van der Waals surface area (Å²) in [6.07, 6.45) is 1.17. The number of ether oxygens (including phenoxy) is 1. The maximum absolute atomic E-state index is 13.0. The van der Waals surface area contributed by atoms with E-state index >= 15 is 0 Å². The van der Waals surface area contributed by atoms with Crippen molar-refractivity contribution in [2.75, 3.05) is 31.6 Å². The van der Waals surface area contributed by atoms with Gasteiger partial charge in [0, 0.05) is 37.5 Å². The summed E-state index contributed by atoms with van der Waals surface area (Å²) in [6.45, 7) is 10.3. The predicted octanol–water partition coefficient (Wildman–Crippen LogP) is 4.77. The van der Waals surface area contributed by atoms with E-state index in [1.54, 1.807) is 4.90 Å². The third kappa shape index (κ3) is 4.48. The SMILES string of the molecule is C=CCOC(=O)N1CC(c2cc(N(C)c3ccc(Cl)s3)n(C(=O)C(C)(C)C)n2)C1. The first-order chi connectivity index (χ1) is 13.6. The van der Waals surface area contributed by atoms with E-state index in [0.29, 0.717) is 23.2 Å². The molecule has 1 fully saturated rings. The number of carbonyl (C=O) groups excluding carboxylic acids is 2. The molecule has 0 unspecified atom stereocenters. The Morgan fingerprint density at radius 1 is 1.41 bits per heavy atom. The van der Waals surface area contributed by atoms with Crippen LogP contribution in [0.5, 0.6) is 0 Å². The standard InChI is InChI=1S/C20H25ClN4O3S/c1-6-9-28-19(27)24-11-13(12-24)14-10-16(23(5)17-8-7-15(21)29-17)25(22-14)18(26)20(2,3)4/h6-8,10,13H,1,9,11-12H2,2-5H3. The van der Waals surface area contributed by atoms with Gasteiger partial charge in [0.2, 0.25) is 0 Å². The molecule has 0 atom stereocenters. The van der Waals surface area contributed by atoms with Crippen LogP contribution in [0, 0.1) is 5.41 Å². The Morgan fingerprint density at radius 3 is 2.66 bits per heavy atom. The van der Waals surface area contributed by atoms with Crippen LogP contribution in [0.4, 0.5) is 15.6 Å². The van der Waals surface area contributed by atoms with Crippen molar-refractivity contribution in [3.05, 3.63) is 40.9 Å². The van der Waals surface area contributed by atoms with Crippen molar-refractivity contribution in [3.8, 4) is 0 Å². The lowest BCUT2D eigenvalue weighted by Crippen LogP contribution is -2.48. The zero-order valence-electron chi connectivity index (χ0n) is 17.0. The van der Waals surface area contributed by atoms with Gasteiger partial charge in [-0.3, -0.25) is 4.79 Å². The molecular weight excluding hydrogens is 412 g/mol. The smallest absolute Gasteiger partial charge is 0.410 e. The summed E-state index contributed by atoms with van der Waals surface area (Å²) in [7, 11) is 1.88. The highest BCUT2D eigenvalue weighted by atomic mass is 35.5. The van der Waals surface area contributed by atoms with Gasteiger partial charge in [0.1, 0.15) is 12.4 Å². The molecule has 0 aromatic carbocycles. The molecule has 1 saturated heterocycles. The minimum atomic E-state index is -0.591. The monoisotopic (exact) mass is 436 g/mol. The lowest BCUT2D eigenvalue weighted by atomic mass is 9.96. The van der Waals surface area contributed by atoms with Crippen molar-refractivity contribution in [2.24, 2.45) is 5.41 Å². The van der Waals surface area contributed by atoms with Gasteiger partial charge in [-0.2, -0.15) is 9.78 Å². The fourth-order valence-corrected chi connectivity index (χ4v) is 3.93. The number of carbonyl (C=O) groups is 2. The maximum Gasteiger partial charge on any atom is 0.410 e. The summed E-state index contributed by atoms with van der Waals surface area (Å²) in [4.78, 5) is 28.5. The van der Waals surface area contributed by atoms with Crippen LogP contribution in [0.1, 0.15) is 37.2 Å². The van der Waals surface area contributed by atoms with E-state index in [1.165, 1.54) is 22.1 Å². The Kier molecular flexibility index (Phi) is 6.05. The van der Waals surface area contributed by atoms with Crippen LogP contribution in [-0.2, 0) is 4.74 Å². The van der Waals surface area contributed by atoms with E-state index in [0.717, 1.165) is 10.7 Å². The summed E-state index contributed by atoms with van der Waals surface area (Å²) in [6, 6.07) is 5.64. The van der Waals surface area contributed by atoms with E-state index in [-0.39, 0.29) is 24.5 Å². The van der Waals surface area contributed by atoms with Crippen LogP contribution < -0.4 is 4.90 Å². The van der Waals surface area contributed by atoms with E-state index in [1.807, 2.05) is 50.9 Å². The Bertz CT molecular complexity index is 925. The average Bonchev–Trinajstić information content (AvgIpc) is 3.23. The van der Waals surface area contributed by atoms with Gasteiger partial charge in [0.15, 0.2) is 0 Å². The Morgan fingerprint density at radius 2 is 2.10 bits per heavy atom. The molecule has 7 nitrogen and oxygen atoms in total. The molecule has 156 valence electrons. The highest BCUT2D eigenvalue weighted by Gasteiger charge is 2.36. The van der Waals surface area contributed by atoms with Gasteiger partial charge >= 0.3 is 6.09 Å². The normalized spacial score (nSPS) is 14.4. The summed E-state index contributed by atoms with van der Waals surface area (Å²) in [5, 5.41) is 5.52. The zero-order valence-corrected chi connectivity index (χ0v) is 18.6. The highest BCUT2D eigenvalue weighted by molar-refractivity contribution is 7.20.